The number of hydrogen-bond acceptors (Lipinski definition) is 3. The summed E-state index contributed by atoms with van der Waals surface area (Å²) in [5, 5.41) is 0. The van der Waals surface area contributed by atoms with Crippen LogP contribution >= 0.6 is 0 Å². The predicted octanol–water partition coefficient (Wildman–Crippen LogP) is 1.42. The number of benzene rings is 1. The Bertz CT molecular complexity index is 383. The van der Waals surface area contributed by atoms with Gasteiger partial charge in [0.15, 0.2) is 11.4 Å². The van der Waals surface area contributed by atoms with Gasteiger partial charge in [0.1, 0.15) is 6.42 Å². The first kappa shape index (κ1) is 8.94. The van der Waals surface area contributed by atoms with Gasteiger partial charge in [0, 0.05) is 5.56 Å². The van der Waals surface area contributed by atoms with Gasteiger partial charge in [0.05, 0.1) is 0 Å². The third-order valence-electron chi connectivity index (χ3n) is 2.48. The normalized spacial score (nSPS) is 26.4. The van der Waals surface area contributed by atoms with Crippen LogP contribution in [-0.2, 0) is 19.9 Å². The maximum Gasteiger partial charge on any atom is 0.314 e. The Morgan fingerprint density at radius 1 is 1.21 bits per heavy atom. The molecule has 0 radical (unpaired) electrons. The lowest BCUT2D eigenvalue weighted by molar-refractivity contribution is -0.151. The van der Waals surface area contributed by atoms with E-state index in [0.29, 0.717) is 0 Å². The summed E-state index contributed by atoms with van der Waals surface area (Å²) in [4.78, 5) is 22.6. The molecular formula is C11H10O3. The van der Waals surface area contributed by atoms with Crippen LogP contribution in [0, 0.1) is 0 Å². The van der Waals surface area contributed by atoms with E-state index in [1.165, 1.54) is 0 Å². The van der Waals surface area contributed by atoms with E-state index in [1.54, 1.807) is 19.1 Å². The smallest absolute Gasteiger partial charge is 0.314 e. The molecule has 3 nitrogen and oxygen atoms in total. The van der Waals surface area contributed by atoms with Crippen molar-refractivity contribution in [1.82, 2.24) is 0 Å². The summed E-state index contributed by atoms with van der Waals surface area (Å²) in [6, 6.07) is 9.07. The monoisotopic (exact) mass is 190 g/mol. The third-order valence-corrected chi connectivity index (χ3v) is 2.48. The van der Waals surface area contributed by atoms with E-state index in [9.17, 15) is 9.59 Å². The van der Waals surface area contributed by atoms with Gasteiger partial charge in [-0.25, -0.2) is 0 Å². The maximum atomic E-state index is 11.6. The van der Waals surface area contributed by atoms with Gasteiger partial charge in [0.2, 0.25) is 0 Å². The average Bonchev–Trinajstić information content (AvgIpc) is 2.43. The molecule has 1 aliphatic rings. The van der Waals surface area contributed by atoms with Crippen LogP contribution in [0.5, 0.6) is 0 Å². The van der Waals surface area contributed by atoms with Gasteiger partial charge < -0.3 is 4.74 Å². The highest BCUT2D eigenvalue weighted by Gasteiger charge is 2.45. The second kappa shape index (κ2) is 2.94. The lowest BCUT2D eigenvalue weighted by atomic mass is 9.92. The number of Topliss-reactive ketones (excluding diaryl/α,β-unsaturated/α-hetero) is 1. The Labute approximate surface area is 81.7 Å². The molecule has 0 spiro atoms. The van der Waals surface area contributed by atoms with Crippen molar-refractivity contribution in [3.63, 3.8) is 0 Å². The first-order valence-electron chi connectivity index (χ1n) is 4.43. The minimum atomic E-state index is -1.07. The van der Waals surface area contributed by atoms with Crippen molar-refractivity contribution < 1.29 is 14.3 Å². The number of hydrogen-bond donors (Lipinski definition) is 0. The van der Waals surface area contributed by atoms with E-state index < -0.39 is 11.6 Å². The topological polar surface area (TPSA) is 43.4 Å². The highest BCUT2D eigenvalue weighted by Crippen LogP contribution is 2.32. The number of carbonyl (C=O) groups excluding carboxylic acids is 2. The molecule has 0 bridgehead atoms. The number of rotatable bonds is 1. The second-order valence-electron chi connectivity index (χ2n) is 3.47. The van der Waals surface area contributed by atoms with E-state index in [1.807, 2.05) is 18.2 Å². The van der Waals surface area contributed by atoms with Crippen molar-refractivity contribution in [2.45, 2.75) is 18.9 Å². The number of ether oxygens (including phenoxy) is 1. The molecule has 2 rings (SSSR count). The molecule has 3 heteroatoms. The Morgan fingerprint density at radius 3 is 2.36 bits per heavy atom. The van der Waals surface area contributed by atoms with E-state index in [-0.39, 0.29) is 12.2 Å². The van der Waals surface area contributed by atoms with Crippen LogP contribution in [0.15, 0.2) is 30.3 Å². The van der Waals surface area contributed by atoms with Crippen LogP contribution in [0.2, 0.25) is 0 Å². The van der Waals surface area contributed by atoms with Crippen molar-refractivity contribution in [2.75, 3.05) is 0 Å². The van der Waals surface area contributed by atoms with Gasteiger partial charge in [0.25, 0.3) is 0 Å². The zero-order valence-electron chi connectivity index (χ0n) is 7.82. The molecule has 1 atom stereocenters. The molecule has 0 N–H and O–H groups in total. The molecule has 72 valence electrons. The van der Waals surface area contributed by atoms with Crippen LogP contribution in [-0.4, -0.2) is 11.8 Å². The minimum absolute atomic E-state index is 0.120. The molecule has 0 unspecified atom stereocenters. The van der Waals surface area contributed by atoms with Crippen LogP contribution in [0.25, 0.3) is 0 Å². The van der Waals surface area contributed by atoms with Crippen molar-refractivity contribution >= 4 is 11.8 Å². The molecular weight excluding hydrogens is 180 g/mol. The van der Waals surface area contributed by atoms with Gasteiger partial charge in [-0.1, -0.05) is 30.3 Å². The van der Waals surface area contributed by atoms with E-state index in [2.05, 4.69) is 0 Å². The first-order valence-corrected chi connectivity index (χ1v) is 4.43. The molecule has 1 aromatic rings. The second-order valence-corrected chi connectivity index (χ2v) is 3.47. The first-order chi connectivity index (χ1) is 6.63. The summed E-state index contributed by atoms with van der Waals surface area (Å²) >= 11 is 0. The molecule has 0 saturated carbocycles. The van der Waals surface area contributed by atoms with Crippen LogP contribution in [0.1, 0.15) is 18.9 Å². The predicted molar refractivity (Wildman–Crippen MR) is 49.5 cm³/mol. The minimum Gasteiger partial charge on any atom is -0.446 e. The van der Waals surface area contributed by atoms with Crippen LogP contribution < -0.4 is 0 Å². The standard InChI is InChI=1S/C11H10O3/c1-11(8-5-3-2-4-6-8)9(12)7-10(13)14-11/h2-6H,7H2,1H3/t11-/m1/s1. The largest absolute Gasteiger partial charge is 0.446 e. The summed E-state index contributed by atoms with van der Waals surface area (Å²) in [5.74, 6) is -0.616. The Balaban J connectivity index is 2.43. The van der Waals surface area contributed by atoms with Gasteiger partial charge in [-0.2, -0.15) is 0 Å². The number of cyclic esters (lactones) is 1. The lowest BCUT2D eigenvalue weighted by Crippen LogP contribution is -2.28. The van der Waals surface area contributed by atoms with E-state index in [4.69, 9.17) is 4.74 Å². The zero-order chi connectivity index (χ0) is 10.2. The molecule has 1 heterocycles. The Hall–Kier alpha value is -1.64. The van der Waals surface area contributed by atoms with Gasteiger partial charge >= 0.3 is 5.97 Å². The summed E-state index contributed by atoms with van der Waals surface area (Å²) in [7, 11) is 0. The molecule has 1 saturated heterocycles. The molecule has 1 fully saturated rings. The van der Waals surface area contributed by atoms with Crippen LogP contribution in [0.4, 0.5) is 0 Å². The highest BCUT2D eigenvalue weighted by atomic mass is 16.6. The van der Waals surface area contributed by atoms with Crippen molar-refractivity contribution in [2.24, 2.45) is 0 Å². The van der Waals surface area contributed by atoms with Gasteiger partial charge in [-0.15, -0.1) is 0 Å². The van der Waals surface area contributed by atoms with Gasteiger partial charge in [-0.05, 0) is 6.92 Å². The van der Waals surface area contributed by atoms with Gasteiger partial charge in [-0.3, -0.25) is 9.59 Å². The average molecular weight is 190 g/mol. The lowest BCUT2D eigenvalue weighted by Gasteiger charge is -2.20. The molecule has 1 aromatic carbocycles. The summed E-state index contributed by atoms with van der Waals surface area (Å²) in [6.45, 7) is 1.63. The molecule has 14 heavy (non-hydrogen) atoms. The number of esters is 1. The Morgan fingerprint density at radius 2 is 1.86 bits per heavy atom. The molecule has 0 amide bonds. The van der Waals surface area contributed by atoms with E-state index >= 15 is 0 Å². The molecule has 0 aromatic heterocycles. The Kier molecular flexibility index (Phi) is 1.88. The highest BCUT2D eigenvalue weighted by molar-refractivity contribution is 6.06. The fourth-order valence-corrected chi connectivity index (χ4v) is 1.60. The van der Waals surface area contributed by atoms with Crippen molar-refractivity contribution in [1.29, 1.82) is 0 Å². The summed E-state index contributed by atoms with van der Waals surface area (Å²) in [6.07, 6.45) is -0.120. The SMILES string of the molecule is C[C@]1(c2ccccc2)OC(=O)CC1=O. The molecule has 0 aliphatic carbocycles. The van der Waals surface area contributed by atoms with E-state index in [0.717, 1.165) is 5.56 Å². The fourth-order valence-electron chi connectivity index (χ4n) is 1.60. The summed E-state index contributed by atoms with van der Waals surface area (Å²) in [5.41, 5.74) is -0.339. The summed E-state index contributed by atoms with van der Waals surface area (Å²) < 4.78 is 5.06. The number of ketones is 1. The van der Waals surface area contributed by atoms with Crippen molar-refractivity contribution in [3.05, 3.63) is 35.9 Å². The maximum absolute atomic E-state index is 11.6. The van der Waals surface area contributed by atoms with Crippen molar-refractivity contribution in [3.8, 4) is 0 Å². The third kappa shape index (κ3) is 1.21. The zero-order valence-corrected chi connectivity index (χ0v) is 7.82. The quantitative estimate of drug-likeness (QED) is 0.497. The number of carbonyl (C=O) groups is 2. The van der Waals surface area contributed by atoms with Crippen LogP contribution in [0.3, 0.4) is 0 Å². The fraction of sp³-hybridized carbons (Fsp3) is 0.273. The molecule has 1 aliphatic heterocycles.